The molecule has 0 aliphatic rings. The second-order valence-electron chi connectivity index (χ2n) is 2.30. The Labute approximate surface area is 87.3 Å². The van der Waals surface area contributed by atoms with Crippen molar-refractivity contribution in [1.29, 1.82) is 0 Å². The van der Waals surface area contributed by atoms with Gasteiger partial charge in [0.2, 0.25) is 10.0 Å². The minimum Gasteiger partial charge on any atom is -0.480 e. The summed E-state index contributed by atoms with van der Waals surface area (Å²) in [5, 5.41) is 8.24. The molecule has 0 aromatic carbocycles. The molecule has 0 radical (unpaired) electrons. The Balaban J connectivity index is 3.68. The standard InChI is InChI=1S/C7H11NO4S2/c1-2-4-13-5-3-8-14(11,12)6-7(9)10/h1,8H,3-6H2,(H,9,10). The van der Waals surface area contributed by atoms with Gasteiger partial charge in [-0.2, -0.15) is 0 Å². The number of thioether (sulfide) groups is 1. The van der Waals surface area contributed by atoms with Crippen LogP contribution in [0.25, 0.3) is 0 Å². The van der Waals surface area contributed by atoms with Crippen LogP contribution >= 0.6 is 11.8 Å². The Kier molecular flexibility index (Phi) is 6.36. The number of carboxylic acids is 1. The van der Waals surface area contributed by atoms with Crippen LogP contribution in [0.4, 0.5) is 0 Å². The highest BCUT2D eigenvalue weighted by atomic mass is 32.2. The van der Waals surface area contributed by atoms with Crippen LogP contribution in [0.3, 0.4) is 0 Å². The molecule has 0 spiro atoms. The third kappa shape index (κ3) is 7.91. The summed E-state index contributed by atoms with van der Waals surface area (Å²) in [5.41, 5.74) is 0. The van der Waals surface area contributed by atoms with E-state index in [1.165, 1.54) is 11.8 Å². The number of hydrogen-bond acceptors (Lipinski definition) is 4. The SMILES string of the molecule is C#CCSCCNS(=O)(=O)CC(=O)O. The average molecular weight is 237 g/mol. The summed E-state index contributed by atoms with van der Waals surface area (Å²) < 4.78 is 24.0. The first-order valence-electron chi connectivity index (χ1n) is 3.68. The lowest BCUT2D eigenvalue weighted by molar-refractivity contribution is -0.134. The van der Waals surface area contributed by atoms with Crippen molar-refractivity contribution < 1.29 is 18.3 Å². The van der Waals surface area contributed by atoms with E-state index >= 15 is 0 Å². The number of carbonyl (C=O) groups is 1. The number of hydrogen-bond donors (Lipinski definition) is 2. The molecule has 5 nitrogen and oxygen atoms in total. The van der Waals surface area contributed by atoms with Crippen LogP contribution in [0.1, 0.15) is 0 Å². The van der Waals surface area contributed by atoms with Crippen LogP contribution in [-0.2, 0) is 14.8 Å². The van der Waals surface area contributed by atoms with Crippen molar-refractivity contribution in [3.05, 3.63) is 0 Å². The molecule has 0 saturated carbocycles. The Hall–Kier alpha value is -0.710. The molecule has 0 amide bonds. The number of rotatable bonds is 7. The molecule has 0 aliphatic carbocycles. The van der Waals surface area contributed by atoms with E-state index in [-0.39, 0.29) is 6.54 Å². The van der Waals surface area contributed by atoms with Gasteiger partial charge in [-0.1, -0.05) is 5.92 Å². The second-order valence-corrected chi connectivity index (χ2v) is 5.22. The minimum absolute atomic E-state index is 0.196. The predicted octanol–water partition coefficient (Wildman–Crippen LogP) is -0.643. The van der Waals surface area contributed by atoms with Gasteiger partial charge in [0, 0.05) is 12.3 Å². The molecule has 7 heteroatoms. The van der Waals surface area contributed by atoms with Crippen LogP contribution in [0.2, 0.25) is 0 Å². The lowest BCUT2D eigenvalue weighted by Gasteiger charge is -2.02. The van der Waals surface area contributed by atoms with Gasteiger partial charge in [-0.3, -0.25) is 4.79 Å². The molecule has 80 valence electrons. The third-order valence-corrected chi connectivity index (χ3v) is 3.20. The molecule has 2 N–H and O–H groups in total. The largest absolute Gasteiger partial charge is 0.480 e. The van der Waals surface area contributed by atoms with Crippen molar-refractivity contribution in [2.75, 3.05) is 23.8 Å². The van der Waals surface area contributed by atoms with Crippen molar-refractivity contribution in [1.82, 2.24) is 4.72 Å². The second kappa shape index (κ2) is 6.70. The van der Waals surface area contributed by atoms with Crippen molar-refractivity contribution in [2.24, 2.45) is 0 Å². The fourth-order valence-electron chi connectivity index (χ4n) is 0.614. The van der Waals surface area contributed by atoms with E-state index in [1.807, 2.05) is 0 Å². The Morgan fingerprint density at radius 2 is 2.21 bits per heavy atom. The van der Waals surface area contributed by atoms with Crippen LogP contribution in [-0.4, -0.2) is 43.3 Å². The summed E-state index contributed by atoms with van der Waals surface area (Å²) in [6.45, 7) is 0.196. The van der Waals surface area contributed by atoms with Crippen LogP contribution < -0.4 is 4.72 Å². The van der Waals surface area contributed by atoms with Gasteiger partial charge in [-0.25, -0.2) is 13.1 Å². The first kappa shape index (κ1) is 13.3. The molecule has 0 rings (SSSR count). The maximum Gasteiger partial charge on any atom is 0.320 e. The lowest BCUT2D eigenvalue weighted by atomic mass is 10.8. The molecule has 0 fully saturated rings. The Morgan fingerprint density at radius 1 is 1.57 bits per heavy atom. The number of terminal acetylenes is 1. The van der Waals surface area contributed by atoms with Gasteiger partial charge in [0.15, 0.2) is 5.75 Å². The molecular formula is C7H11NO4S2. The smallest absolute Gasteiger partial charge is 0.320 e. The van der Waals surface area contributed by atoms with E-state index in [0.29, 0.717) is 11.5 Å². The summed E-state index contributed by atoms with van der Waals surface area (Å²) >= 11 is 1.40. The zero-order chi connectivity index (χ0) is 11.0. The first-order valence-corrected chi connectivity index (χ1v) is 6.49. The maximum absolute atomic E-state index is 10.9. The molecule has 0 atom stereocenters. The van der Waals surface area contributed by atoms with E-state index in [9.17, 15) is 13.2 Å². The molecule has 0 aromatic rings. The van der Waals surface area contributed by atoms with Gasteiger partial charge in [-0.15, -0.1) is 18.2 Å². The monoisotopic (exact) mass is 237 g/mol. The van der Waals surface area contributed by atoms with Crippen molar-refractivity contribution >= 4 is 27.8 Å². The van der Waals surface area contributed by atoms with Crippen LogP contribution in [0.15, 0.2) is 0 Å². The molecule has 0 saturated heterocycles. The summed E-state index contributed by atoms with van der Waals surface area (Å²) in [5.74, 6) is 1.17. The molecule has 14 heavy (non-hydrogen) atoms. The molecule has 0 aromatic heterocycles. The summed E-state index contributed by atoms with van der Waals surface area (Å²) in [6.07, 6.45) is 4.98. The fraction of sp³-hybridized carbons (Fsp3) is 0.571. The quantitative estimate of drug-likeness (QED) is 0.454. The van der Waals surface area contributed by atoms with Gasteiger partial charge in [0.1, 0.15) is 0 Å². The number of carboxylic acid groups (broad SMARTS) is 1. The lowest BCUT2D eigenvalue weighted by Crippen LogP contribution is -2.31. The van der Waals surface area contributed by atoms with Crippen LogP contribution in [0.5, 0.6) is 0 Å². The van der Waals surface area contributed by atoms with E-state index in [4.69, 9.17) is 11.5 Å². The van der Waals surface area contributed by atoms with Crippen molar-refractivity contribution in [3.63, 3.8) is 0 Å². The van der Waals surface area contributed by atoms with Gasteiger partial charge < -0.3 is 5.11 Å². The fourth-order valence-corrected chi connectivity index (χ4v) is 2.09. The van der Waals surface area contributed by atoms with Gasteiger partial charge in [-0.05, 0) is 0 Å². The number of sulfonamides is 1. The van der Waals surface area contributed by atoms with E-state index in [1.54, 1.807) is 0 Å². The van der Waals surface area contributed by atoms with Crippen LogP contribution in [0, 0.1) is 12.3 Å². The first-order chi connectivity index (χ1) is 6.48. The molecule has 0 heterocycles. The number of nitrogens with one attached hydrogen (secondary N) is 1. The van der Waals surface area contributed by atoms with Gasteiger partial charge in [0.05, 0.1) is 5.75 Å². The maximum atomic E-state index is 10.9. The van der Waals surface area contributed by atoms with Gasteiger partial charge in [0.25, 0.3) is 0 Å². The summed E-state index contributed by atoms with van der Waals surface area (Å²) in [7, 11) is -3.68. The molecular weight excluding hydrogens is 226 g/mol. The molecule has 0 bridgehead atoms. The number of aliphatic carboxylic acids is 1. The van der Waals surface area contributed by atoms with E-state index in [2.05, 4.69) is 10.6 Å². The van der Waals surface area contributed by atoms with Crippen molar-refractivity contribution in [3.8, 4) is 12.3 Å². The highest BCUT2D eigenvalue weighted by molar-refractivity contribution is 7.99. The van der Waals surface area contributed by atoms with Gasteiger partial charge >= 0.3 is 5.97 Å². The van der Waals surface area contributed by atoms with Crippen molar-refractivity contribution in [2.45, 2.75) is 0 Å². The Bertz CT molecular complexity index is 317. The third-order valence-electron chi connectivity index (χ3n) is 1.07. The average Bonchev–Trinajstić information content (AvgIpc) is 2.01. The minimum atomic E-state index is -3.68. The highest BCUT2D eigenvalue weighted by Crippen LogP contribution is 1.96. The van der Waals surface area contributed by atoms with E-state index in [0.717, 1.165) is 0 Å². The molecule has 0 aliphatic heterocycles. The Morgan fingerprint density at radius 3 is 2.71 bits per heavy atom. The normalized spacial score (nSPS) is 10.8. The topological polar surface area (TPSA) is 83.5 Å². The zero-order valence-corrected chi connectivity index (χ0v) is 9.03. The summed E-state index contributed by atoms with van der Waals surface area (Å²) in [4.78, 5) is 10.1. The highest BCUT2D eigenvalue weighted by Gasteiger charge is 2.13. The predicted molar refractivity (Wildman–Crippen MR) is 55.6 cm³/mol. The molecule has 0 unspecified atom stereocenters. The zero-order valence-electron chi connectivity index (χ0n) is 7.39. The summed E-state index contributed by atoms with van der Waals surface area (Å²) in [6, 6.07) is 0. The van der Waals surface area contributed by atoms with E-state index < -0.39 is 21.7 Å².